The average molecular weight is 241 g/mol. The number of nitrogens with one attached hydrogen (secondary N) is 3. The summed E-state index contributed by atoms with van der Waals surface area (Å²) in [5, 5.41) is 13.2. The van der Waals surface area contributed by atoms with Crippen LogP contribution in [0.2, 0.25) is 0 Å². The Kier molecular flexibility index (Phi) is 5.76. The normalized spacial score (nSPS) is 17.6. The molecule has 1 fully saturated rings. The number of amides is 1. The number of piperazine rings is 1. The quantitative estimate of drug-likeness (QED) is 0.384. The fraction of sp³-hybridized carbons (Fsp3) is 0.818. The largest absolute Gasteiger partial charge is 0.370 e. The summed E-state index contributed by atoms with van der Waals surface area (Å²) < 4.78 is 0. The molecule has 1 heterocycles. The van der Waals surface area contributed by atoms with Gasteiger partial charge < -0.3 is 21.3 Å². The van der Waals surface area contributed by atoms with Crippen molar-refractivity contribution in [3.63, 3.8) is 0 Å². The maximum Gasteiger partial charge on any atom is 0.245 e. The minimum absolute atomic E-state index is 0.0650. The Morgan fingerprint density at radius 3 is 2.71 bits per heavy atom. The molecule has 0 aromatic rings. The maximum atomic E-state index is 12.2. The second kappa shape index (κ2) is 7.11. The summed E-state index contributed by atoms with van der Waals surface area (Å²) >= 11 is 0. The van der Waals surface area contributed by atoms with Gasteiger partial charge in [-0.25, -0.2) is 0 Å². The summed E-state index contributed by atoms with van der Waals surface area (Å²) in [6, 6.07) is -0.342. The Hall–Kier alpha value is -1.30. The molecule has 0 spiro atoms. The minimum Gasteiger partial charge on any atom is -0.370 e. The van der Waals surface area contributed by atoms with Crippen LogP contribution in [0.4, 0.5) is 0 Å². The van der Waals surface area contributed by atoms with E-state index in [0.29, 0.717) is 0 Å². The van der Waals surface area contributed by atoms with Crippen molar-refractivity contribution in [1.82, 2.24) is 15.5 Å². The van der Waals surface area contributed by atoms with Crippen LogP contribution in [0.5, 0.6) is 0 Å². The van der Waals surface area contributed by atoms with Crippen molar-refractivity contribution in [3.05, 3.63) is 0 Å². The molecule has 1 rings (SSSR count). The molecule has 17 heavy (non-hydrogen) atoms. The Morgan fingerprint density at radius 1 is 1.53 bits per heavy atom. The third-order valence-corrected chi connectivity index (χ3v) is 2.90. The van der Waals surface area contributed by atoms with E-state index >= 15 is 0 Å². The molecule has 98 valence electrons. The van der Waals surface area contributed by atoms with Crippen LogP contribution in [0.3, 0.4) is 0 Å². The molecule has 0 radical (unpaired) electrons. The maximum absolute atomic E-state index is 12.2. The van der Waals surface area contributed by atoms with Crippen LogP contribution in [0.25, 0.3) is 0 Å². The lowest BCUT2D eigenvalue weighted by Gasteiger charge is -2.31. The van der Waals surface area contributed by atoms with Gasteiger partial charge in [-0.1, -0.05) is 19.8 Å². The van der Waals surface area contributed by atoms with Crippen molar-refractivity contribution < 1.29 is 4.79 Å². The predicted octanol–water partition coefficient (Wildman–Crippen LogP) is -0.540. The summed E-state index contributed by atoms with van der Waals surface area (Å²) in [7, 11) is 0. The Morgan fingerprint density at radius 2 is 2.18 bits per heavy atom. The molecule has 0 aliphatic carbocycles. The molecular weight excluding hydrogens is 218 g/mol. The number of guanidine groups is 1. The summed E-state index contributed by atoms with van der Waals surface area (Å²) in [6.45, 7) is 5.24. The molecule has 1 saturated heterocycles. The van der Waals surface area contributed by atoms with Crippen molar-refractivity contribution in [2.75, 3.05) is 26.2 Å². The van der Waals surface area contributed by atoms with Crippen LogP contribution < -0.4 is 16.4 Å². The third kappa shape index (κ3) is 4.60. The fourth-order valence-electron chi connectivity index (χ4n) is 1.96. The summed E-state index contributed by atoms with van der Waals surface area (Å²) in [5.41, 5.74) is 5.32. The Balaban J connectivity index is 2.53. The summed E-state index contributed by atoms with van der Waals surface area (Å²) in [6.07, 6.45) is 2.73. The van der Waals surface area contributed by atoms with Crippen LogP contribution in [0, 0.1) is 5.41 Å². The molecular formula is C11H23N5O. The van der Waals surface area contributed by atoms with Gasteiger partial charge in [-0.2, -0.15) is 0 Å². The van der Waals surface area contributed by atoms with Crippen LogP contribution in [0.15, 0.2) is 0 Å². The van der Waals surface area contributed by atoms with Gasteiger partial charge in [0.05, 0.1) is 0 Å². The molecule has 0 aromatic carbocycles. The topological polar surface area (TPSA) is 94.2 Å². The van der Waals surface area contributed by atoms with Crippen molar-refractivity contribution in [1.29, 1.82) is 5.41 Å². The molecule has 1 aliphatic rings. The number of nitrogens with zero attached hydrogens (tertiary/aromatic N) is 1. The molecule has 6 heteroatoms. The van der Waals surface area contributed by atoms with Crippen LogP contribution in [0.1, 0.15) is 26.2 Å². The second-order valence-electron chi connectivity index (χ2n) is 4.33. The van der Waals surface area contributed by atoms with E-state index in [1.54, 1.807) is 0 Å². The molecule has 0 bridgehead atoms. The van der Waals surface area contributed by atoms with Crippen LogP contribution in [-0.2, 0) is 4.79 Å². The number of carbonyl (C=O) groups is 1. The lowest BCUT2D eigenvalue weighted by molar-refractivity contribution is -0.133. The lowest BCUT2D eigenvalue weighted by Crippen LogP contribution is -2.54. The summed E-state index contributed by atoms with van der Waals surface area (Å²) in [5.74, 6) is -0.0651. The van der Waals surface area contributed by atoms with E-state index in [4.69, 9.17) is 11.1 Å². The Labute approximate surface area is 102 Å². The molecule has 6 nitrogen and oxygen atoms in total. The van der Waals surface area contributed by atoms with Crippen molar-refractivity contribution in [3.8, 4) is 0 Å². The fourth-order valence-corrected chi connectivity index (χ4v) is 1.96. The number of hydrogen-bond acceptors (Lipinski definition) is 3. The number of unbranched alkanes of at least 4 members (excludes halogenated alkanes) is 1. The van der Waals surface area contributed by atoms with Crippen LogP contribution >= 0.6 is 0 Å². The number of rotatable bonds is 5. The lowest BCUT2D eigenvalue weighted by atomic mass is 10.1. The van der Waals surface area contributed by atoms with Gasteiger partial charge in [0.15, 0.2) is 5.96 Å². The summed E-state index contributed by atoms with van der Waals surface area (Å²) in [4.78, 5) is 14.1. The predicted molar refractivity (Wildman–Crippen MR) is 67.8 cm³/mol. The third-order valence-electron chi connectivity index (χ3n) is 2.90. The van der Waals surface area contributed by atoms with Gasteiger partial charge in [0.2, 0.25) is 5.91 Å². The monoisotopic (exact) mass is 241 g/mol. The molecule has 1 aliphatic heterocycles. The van der Waals surface area contributed by atoms with E-state index in [1.165, 1.54) is 0 Å². The van der Waals surface area contributed by atoms with E-state index in [0.717, 1.165) is 45.4 Å². The molecule has 5 N–H and O–H groups in total. The highest BCUT2D eigenvalue weighted by atomic mass is 16.2. The van der Waals surface area contributed by atoms with E-state index in [2.05, 4.69) is 17.6 Å². The molecule has 1 atom stereocenters. The zero-order valence-electron chi connectivity index (χ0n) is 10.5. The van der Waals surface area contributed by atoms with Crippen LogP contribution in [-0.4, -0.2) is 49.0 Å². The first-order chi connectivity index (χ1) is 8.15. The van der Waals surface area contributed by atoms with Gasteiger partial charge in [-0.05, 0) is 6.42 Å². The van der Waals surface area contributed by atoms with Gasteiger partial charge >= 0.3 is 0 Å². The first-order valence-corrected chi connectivity index (χ1v) is 6.25. The van der Waals surface area contributed by atoms with E-state index in [9.17, 15) is 4.79 Å². The average Bonchev–Trinajstić information content (AvgIpc) is 2.34. The SMILES string of the molecule is CCCCC(NC(=N)N)C(=O)N1CCNCC1. The zero-order valence-corrected chi connectivity index (χ0v) is 10.5. The van der Waals surface area contributed by atoms with Crippen molar-refractivity contribution in [2.24, 2.45) is 5.73 Å². The zero-order chi connectivity index (χ0) is 12.7. The molecule has 0 aromatic heterocycles. The first kappa shape index (κ1) is 13.8. The van der Waals surface area contributed by atoms with E-state index in [1.807, 2.05) is 4.90 Å². The first-order valence-electron chi connectivity index (χ1n) is 6.25. The molecule has 1 unspecified atom stereocenters. The van der Waals surface area contributed by atoms with Gasteiger partial charge in [0.1, 0.15) is 6.04 Å². The number of carbonyl (C=O) groups excluding carboxylic acids is 1. The smallest absolute Gasteiger partial charge is 0.245 e. The number of nitrogens with two attached hydrogens (primary N) is 1. The number of hydrogen-bond donors (Lipinski definition) is 4. The minimum atomic E-state index is -0.342. The molecule has 0 saturated carbocycles. The van der Waals surface area contributed by atoms with Gasteiger partial charge in [-0.3, -0.25) is 10.2 Å². The van der Waals surface area contributed by atoms with E-state index < -0.39 is 0 Å². The van der Waals surface area contributed by atoms with Gasteiger partial charge in [0, 0.05) is 26.2 Å². The highest BCUT2D eigenvalue weighted by molar-refractivity contribution is 5.87. The second-order valence-corrected chi connectivity index (χ2v) is 4.33. The van der Waals surface area contributed by atoms with Crippen molar-refractivity contribution in [2.45, 2.75) is 32.2 Å². The highest BCUT2D eigenvalue weighted by Gasteiger charge is 2.25. The van der Waals surface area contributed by atoms with Crippen molar-refractivity contribution >= 4 is 11.9 Å². The standard InChI is InChI=1S/C11H23N5O/c1-2-3-4-9(15-11(12)13)10(17)16-7-5-14-6-8-16/h9,14H,2-8H2,1H3,(H4,12,13,15). The van der Waals surface area contributed by atoms with E-state index in [-0.39, 0.29) is 17.9 Å². The highest BCUT2D eigenvalue weighted by Crippen LogP contribution is 2.05. The van der Waals surface area contributed by atoms with Gasteiger partial charge in [0.25, 0.3) is 0 Å². The Bertz CT molecular complexity index is 263. The molecule has 1 amide bonds. The van der Waals surface area contributed by atoms with Gasteiger partial charge in [-0.15, -0.1) is 0 Å².